The van der Waals surface area contributed by atoms with Crippen molar-refractivity contribution in [3.63, 3.8) is 0 Å². The second-order valence-electron chi connectivity index (χ2n) is 7.00. The maximum absolute atomic E-state index is 13.2. The lowest BCUT2D eigenvalue weighted by atomic mass is 9.99. The van der Waals surface area contributed by atoms with E-state index in [0.717, 1.165) is 34.1 Å². The van der Waals surface area contributed by atoms with Gasteiger partial charge in [-0.1, -0.05) is 42.8 Å². The van der Waals surface area contributed by atoms with Crippen LogP contribution in [-0.2, 0) is 20.0 Å². The lowest BCUT2D eigenvalue weighted by Crippen LogP contribution is -2.25. The molecule has 1 N–H and O–H groups in total. The first-order valence-corrected chi connectivity index (χ1v) is 10.0. The minimum atomic E-state index is -0.127. The molecule has 2 heterocycles. The number of hydrogen-bond donors (Lipinski definition) is 1. The first-order valence-electron chi connectivity index (χ1n) is 9.64. The normalized spacial score (nSPS) is 11.0. The number of carbonyl (C=O) groups excluding carboxylic acids is 1. The van der Waals surface area contributed by atoms with Gasteiger partial charge in [-0.25, -0.2) is 0 Å². The van der Waals surface area contributed by atoms with E-state index in [0.29, 0.717) is 17.3 Å². The Kier molecular flexibility index (Phi) is 5.36. The van der Waals surface area contributed by atoms with Crippen LogP contribution in [0.25, 0.3) is 22.0 Å². The van der Waals surface area contributed by atoms with Gasteiger partial charge >= 0.3 is 0 Å². The molecule has 0 saturated heterocycles. The number of pyridine rings is 1. The highest BCUT2D eigenvalue weighted by molar-refractivity contribution is 6.30. The number of hydrogen-bond acceptors (Lipinski definition) is 2. The fraction of sp³-hybridized carbons (Fsp3) is 0.167. The second kappa shape index (κ2) is 8.10. The zero-order valence-electron chi connectivity index (χ0n) is 16.4. The van der Waals surface area contributed by atoms with Crippen LogP contribution in [0.2, 0.25) is 5.02 Å². The molecule has 0 fully saturated rings. The highest BCUT2D eigenvalue weighted by Gasteiger charge is 2.22. The number of benzene rings is 2. The summed E-state index contributed by atoms with van der Waals surface area (Å²) in [6, 6.07) is 19.7. The molecule has 4 aromatic rings. The summed E-state index contributed by atoms with van der Waals surface area (Å²) in [5.41, 5.74) is 5.60. The van der Waals surface area contributed by atoms with Gasteiger partial charge in [0.2, 0.25) is 0 Å². The maximum atomic E-state index is 13.2. The number of halogens is 1. The molecule has 29 heavy (non-hydrogen) atoms. The molecule has 146 valence electrons. The molecule has 4 rings (SSSR count). The number of aryl methyl sites for hydroxylation is 2. The number of nitrogens with one attached hydrogen (secondary N) is 1. The highest BCUT2D eigenvalue weighted by Crippen LogP contribution is 2.35. The third-order valence-electron chi connectivity index (χ3n) is 5.18. The van der Waals surface area contributed by atoms with Crippen molar-refractivity contribution in [1.82, 2.24) is 14.9 Å². The minimum absolute atomic E-state index is 0.127. The lowest BCUT2D eigenvalue weighted by Gasteiger charge is -2.09. The van der Waals surface area contributed by atoms with E-state index in [1.54, 1.807) is 6.20 Å². The molecule has 2 aromatic carbocycles. The molecule has 0 atom stereocenters. The fourth-order valence-corrected chi connectivity index (χ4v) is 3.77. The Morgan fingerprint density at radius 1 is 1.10 bits per heavy atom. The number of amides is 1. The van der Waals surface area contributed by atoms with Gasteiger partial charge in [-0.2, -0.15) is 0 Å². The zero-order valence-corrected chi connectivity index (χ0v) is 17.2. The van der Waals surface area contributed by atoms with E-state index in [1.165, 1.54) is 5.56 Å². The monoisotopic (exact) mass is 403 g/mol. The summed E-state index contributed by atoms with van der Waals surface area (Å²) in [4.78, 5) is 17.5. The van der Waals surface area contributed by atoms with Crippen molar-refractivity contribution in [3.05, 3.63) is 88.8 Å². The molecule has 0 aliphatic heterocycles. The number of carbonyl (C=O) groups is 1. The van der Waals surface area contributed by atoms with Gasteiger partial charge < -0.3 is 9.88 Å². The standard InChI is InChI=1S/C24H22ClN3O/c1-3-16-7-12-21-20(14-16)22(17-8-10-18(25)11-9-17)23(28(21)2)24(29)27-15-19-6-4-5-13-26-19/h4-14H,3,15H2,1-2H3,(H,27,29). The Morgan fingerprint density at radius 3 is 2.59 bits per heavy atom. The molecule has 0 unspecified atom stereocenters. The zero-order chi connectivity index (χ0) is 20.4. The minimum Gasteiger partial charge on any atom is -0.345 e. The summed E-state index contributed by atoms with van der Waals surface area (Å²) in [5.74, 6) is -0.127. The van der Waals surface area contributed by atoms with Gasteiger partial charge in [0.05, 0.1) is 12.2 Å². The molecule has 0 spiro atoms. The SMILES string of the molecule is CCc1ccc2c(c1)c(-c1ccc(Cl)cc1)c(C(=O)NCc1ccccn1)n2C. The van der Waals surface area contributed by atoms with Crippen molar-refractivity contribution in [2.45, 2.75) is 19.9 Å². The van der Waals surface area contributed by atoms with Gasteiger partial charge in [0.25, 0.3) is 5.91 Å². The summed E-state index contributed by atoms with van der Waals surface area (Å²) in [7, 11) is 1.93. The lowest BCUT2D eigenvalue weighted by molar-refractivity contribution is 0.0943. The fourth-order valence-electron chi connectivity index (χ4n) is 3.64. The first kappa shape index (κ1) is 19.2. The van der Waals surface area contributed by atoms with E-state index in [2.05, 4.69) is 35.4 Å². The topological polar surface area (TPSA) is 46.9 Å². The van der Waals surface area contributed by atoms with Crippen LogP contribution in [0.1, 0.15) is 28.7 Å². The van der Waals surface area contributed by atoms with Crippen LogP contribution in [-0.4, -0.2) is 15.5 Å². The Hall–Kier alpha value is -3.11. The molecular weight excluding hydrogens is 382 g/mol. The molecule has 0 aliphatic rings. The molecule has 0 saturated carbocycles. The van der Waals surface area contributed by atoms with E-state index in [-0.39, 0.29) is 5.91 Å². The van der Waals surface area contributed by atoms with Crippen molar-refractivity contribution in [2.24, 2.45) is 7.05 Å². The van der Waals surface area contributed by atoms with Gasteiger partial charge in [-0.3, -0.25) is 9.78 Å². The van der Waals surface area contributed by atoms with Crippen molar-refractivity contribution >= 4 is 28.4 Å². The van der Waals surface area contributed by atoms with Crippen LogP contribution in [0.3, 0.4) is 0 Å². The summed E-state index contributed by atoms with van der Waals surface area (Å²) in [6.45, 7) is 2.51. The van der Waals surface area contributed by atoms with E-state index in [1.807, 2.05) is 54.1 Å². The third-order valence-corrected chi connectivity index (χ3v) is 5.43. The Bertz CT molecular complexity index is 1160. The summed E-state index contributed by atoms with van der Waals surface area (Å²) in [6.07, 6.45) is 2.66. The molecule has 1 amide bonds. The largest absolute Gasteiger partial charge is 0.345 e. The molecule has 2 aromatic heterocycles. The Morgan fingerprint density at radius 2 is 1.90 bits per heavy atom. The second-order valence-corrected chi connectivity index (χ2v) is 7.43. The first-order chi connectivity index (χ1) is 14.1. The van der Waals surface area contributed by atoms with Crippen molar-refractivity contribution in [1.29, 1.82) is 0 Å². The van der Waals surface area contributed by atoms with E-state index in [9.17, 15) is 4.79 Å². The third kappa shape index (κ3) is 3.76. The van der Waals surface area contributed by atoms with Crippen LogP contribution in [0.15, 0.2) is 66.9 Å². The average molecular weight is 404 g/mol. The van der Waals surface area contributed by atoms with Crippen LogP contribution in [0.5, 0.6) is 0 Å². The predicted octanol–water partition coefficient (Wildman–Crippen LogP) is 5.39. The molecule has 4 nitrogen and oxygen atoms in total. The van der Waals surface area contributed by atoms with Gasteiger partial charge in [0, 0.05) is 34.7 Å². The Balaban J connectivity index is 1.83. The summed E-state index contributed by atoms with van der Waals surface area (Å²) < 4.78 is 1.96. The molecular formula is C24H22ClN3O. The number of aromatic nitrogens is 2. The highest BCUT2D eigenvalue weighted by atomic mass is 35.5. The van der Waals surface area contributed by atoms with Crippen LogP contribution < -0.4 is 5.32 Å². The van der Waals surface area contributed by atoms with Crippen LogP contribution in [0, 0.1) is 0 Å². The van der Waals surface area contributed by atoms with Crippen LogP contribution >= 0.6 is 11.6 Å². The predicted molar refractivity (Wildman–Crippen MR) is 118 cm³/mol. The van der Waals surface area contributed by atoms with Gasteiger partial charge in [-0.15, -0.1) is 0 Å². The molecule has 0 radical (unpaired) electrons. The molecule has 0 bridgehead atoms. The van der Waals surface area contributed by atoms with E-state index < -0.39 is 0 Å². The van der Waals surface area contributed by atoms with Gasteiger partial charge in [0.1, 0.15) is 5.69 Å². The van der Waals surface area contributed by atoms with Crippen molar-refractivity contribution < 1.29 is 4.79 Å². The van der Waals surface area contributed by atoms with Crippen molar-refractivity contribution in [3.8, 4) is 11.1 Å². The quantitative estimate of drug-likeness (QED) is 0.486. The maximum Gasteiger partial charge on any atom is 0.268 e. The Labute approximate surface area is 175 Å². The van der Waals surface area contributed by atoms with E-state index >= 15 is 0 Å². The average Bonchev–Trinajstić information content (AvgIpc) is 3.05. The molecule has 0 aliphatic carbocycles. The van der Waals surface area contributed by atoms with Gasteiger partial charge in [-0.05, 0) is 53.9 Å². The summed E-state index contributed by atoms with van der Waals surface area (Å²) >= 11 is 6.10. The number of fused-ring (bicyclic) bond motifs is 1. The smallest absolute Gasteiger partial charge is 0.268 e. The summed E-state index contributed by atoms with van der Waals surface area (Å²) in [5, 5.41) is 4.76. The number of nitrogens with zero attached hydrogens (tertiary/aromatic N) is 2. The van der Waals surface area contributed by atoms with Gasteiger partial charge in [0.15, 0.2) is 0 Å². The molecule has 5 heteroatoms. The van der Waals surface area contributed by atoms with Crippen molar-refractivity contribution in [2.75, 3.05) is 0 Å². The number of rotatable bonds is 5. The van der Waals surface area contributed by atoms with Crippen LogP contribution in [0.4, 0.5) is 0 Å². The van der Waals surface area contributed by atoms with E-state index in [4.69, 9.17) is 11.6 Å².